The van der Waals surface area contributed by atoms with Gasteiger partial charge in [-0.1, -0.05) is 6.07 Å². The van der Waals surface area contributed by atoms with Crippen molar-refractivity contribution in [3.05, 3.63) is 72.3 Å². The second-order valence-corrected chi connectivity index (χ2v) is 4.69. The minimum Gasteiger partial charge on any atom is -0.467 e. The zero-order chi connectivity index (χ0) is 16.1. The molecule has 1 aromatic carbocycles. The van der Waals surface area contributed by atoms with Crippen LogP contribution in [0.15, 0.2) is 59.5 Å². The minimum absolute atomic E-state index is 0.199. The molecular weight excluding hydrogens is 299 g/mol. The number of nitrogens with zero attached hydrogens (tertiary/aromatic N) is 2. The Morgan fingerprint density at radius 3 is 2.87 bits per heavy atom. The van der Waals surface area contributed by atoms with Gasteiger partial charge in [0.05, 0.1) is 12.8 Å². The lowest BCUT2D eigenvalue weighted by Crippen LogP contribution is -2.23. The lowest BCUT2D eigenvalue weighted by Gasteiger charge is -2.07. The number of anilines is 2. The molecule has 2 aromatic heterocycles. The van der Waals surface area contributed by atoms with Crippen LogP contribution in [0, 0.1) is 5.82 Å². The van der Waals surface area contributed by atoms with Gasteiger partial charge in [0, 0.05) is 11.8 Å². The molecule has 0 unspecified atom stereocenters. The molecule has 7 heteroatoms. The Hall–Kier alpha value is -3.22. The van der Waals surface area contributed by atoms with Gasteiger partial charge in [-0.25, -0.2) is 14.4 Å². The molecule has 0 fully saturated rings. The van der Waals surface area contributed by atoms with Gasteiger partial charge in [-0.2, -0.15) is 0 Å². The molecule has 116 valence electrons. The Morgan fingerprint density at radius 1 is 1.17 bits per heavy atom. The topological polar surface area (TPSA) is 80.0 Å². The normalized spacial score (nSPS) is 10.3. The first kappa shape index (κ1) is 14.7. The number of halogens is 1. The van der Waals surface area contributed by atoms with Gasteiger partial charge in [0.1, 0.15) is 29.4 Å². The zero-order valence-corrected chi connectivity index (χ0v) is 12.0. The molecule has 0 aliphatic rings. The summed E-state index contributed by atoms with van der Waals surface area (Å²) >= 11 is 0. The zero-order valence-electron chi connectivity index (χ0n) is 12.0. The fourth-order valence-corrected chi connectivity index (χ4v) is 1.94. The predicted octanol–water partition coefficient (Wildman–Crippen LogP) is 2.88. The molecule has 2 N–H and O–H groups in total. The van der Waals surface area contributed by atoms with Crippen molar-refractivity contribution in [1.29, 1.82) is 0 Å². The number of benzene rings is 1. The van der Waals surface area contributed by atoms with E-state index in [9.17, 15) is 9.18 Å². The van der Waals surface area contributed by atoms with Crippen LogP contribution in [0.25, 0.3) is 0 Å². The van der Waals surface area contributed by atoms with Gasteiger partial charge in [-0.15, -0.1) is 0 Å². The van der Waals surface area contributed by atoms with Crippen molar-refractivity contribution in [2.75, 3.05) is 5.32 Å². The van der Waals surface area contributed by atoms with E-state index in [0.717, 1.165) is 0 Å². The molecule has 6 nitrogen and oxygen atoms in total. The lowest BCUT2D eigenvalue weighted by atomic mass is 10.3. The Bertz CT molecular complexity index is 805. The molecular formula is C16H13FN4O2. The Kier molecular flexibility index (Phi) is 4.28. The van der Waals surface area contributed by atoms with Crippen LogP contribution in [0.2, 0.25) is 0 Å². The fraction of sp³-hybridized carbons (Fsp3) is 0.0625. The maximum atomic E-state index is 13.2. The molecule has 0 spiro atoms. The number of carbonyl (C=O) groups is 1. The second-order valence-electron chi connectivity index (χ2n) is 4.69. The lowest BCUT2D eigenvalue weighted by molar-refractivity contribution is 0.0943. The van der Waals surface area contributed by atoms with E-state index in [-0.39, 0.29) is 24.0 Å². The number of aromatic nitrogens is 2. The number of hydrogen-bond donors (Lipinski definition) is 2. The van der Waals surface area contributed by atoms with Crippen molar-refractivity contribution in [3.8, 4) is 0 Å². The van der Waals surface area contributed by atoms with Gasteiger partial charge in [-0.3, -0.25) is 4.79 Å². The Labute approximate surface area is 131 Å². The minimum atomic E-state index is -0.361. The van der Waals surface area contributed by atoms with E-state index in [4.69, 9.17) is 4.42 Å². The molecule has 1 amide bonds. The highest BCUT2D eigenvalue weighted by Crippen LogP contribution is 2.15. The third kappa shape index (κ3) is 3.91. The first-order valence-corrected chi connectivity index (χ1v) is 6.86. The summed E-state index contributed by atoms with van der Waals surface area (Å²) in [5, 5.41) is 5.61. The van der Waals surface area contributed by atoms with E-state index in [1.54, 1.807) is 24.3 Å². The molecule has 0 radical (unpaired) electrons. The van der Waals surface area contributed by atoms with Gasteiger partial charge in [0.2, 0.25) is 0 Å². The van der Waals surface area contributed by atoms with E-state index >= 15 is 0 Å². The number of nitrogens with one attached hydrogen (secondary N) is 2. The smallest absolute Gasteiger partial charge is 0.270 e. The monoisotopic (exact) mass is 312 g/mol. The number of amides is 1. The van der Waals surface area contributed by atoms with Crippen molar-refractivity contribution < 1.29 is 13.6 Å². The summed E-state index contributed by atoms with van der Waals surface area (Å²) in [6, 6.07) is 10.9. The van der Waals surface area contributed by atoms with Gasteiger partial charge < -0.3 is 15.1 Å². The van der Waals surface area contributed by atoms with E-state index in [1.165, 1.54) is 30.8 Å². The molecule has 3 rings (SSSR count). The number of hydrogen-bond acceptors (Lipinski definition) is 5. The van der Waals surface area contributed by atoms with Gasteiger partial charge in [0.15, 0.2) is 0 Å². The highest BCUT2D eigenvalue weighted by Gasteiger charge is 2.09. The van der Waals surface area contributed by atoms with E-state index in [1.807, 2.05) is 0 Å². The van der Waals surface area contributed by atoms with Crippen LogP contribution in [-0.2, 0) is 6.54 Å². The summed E-state index contributed by atoms with van der Waals surface area (Å²) in [4.78, 5) is 20.0. The van der Waals surface area contributed by atoms with Crippen molar-refractivity contribution in [3.63, 3.8) is 0 Å². The van der Waals surface area contributed by atoms with Crippen molar-refractivity contribution in [1.82, 2.24) is 15.3 Å². The maximum absolute atomic E-state index is 13.2. The van der Waals surface area contributed by atoms with Crippen LogP contribution in [-0.4, -0.2) is 15.9 Å². The molecule has 3 aromatic rings. The van der Waals surface area contributed by atoms with Gasteiger partial charge >= 0.3 is 0 Å². The molecule has 2 heterocycles. The first-order chi connectivity index (χ1) is 11.2. The molecule has 0 bridgehead atoms. The Morgan fingerprint density at radius 2 is 2.09 bits per heavy atom. The molecule has 23 heavy (non-hydrogen) atoms. The fourth-order valence-electron chi connectivity index (χ4n) is 1.94. The molecule has 0 saturated carbocycles. The van der Waals surface area contributed by atoms with Crippen LogP contribution < -0.4 is 10.6 Å². The molecule has 0 aliphatic carbocycles. The van der Waals surface area contributed by atoms with Crippen LogP contribution in [0.1, 0.15) is 16.2 Å². The third-order valence-corrected chi connectivity index (χ3v) is 3.00. The standard InChI is InChI=1S/C16H13FN4O2/c17-11-3-1-4-12(7-11)21-15-8-14(19-10-20-15)16(22)18-9-13-5-2-6-23-13/h1-8,10H,9H2,(H,18,22)(H,19,20,21). The Balaban J connectivity index is 1.68. The van der Waals surface area contributed by atoms with Crippen molar-refractivity contribution in [2.45, 2.75) is 6.54 Å². The van der Waals surface area contributed by atoms with Crippen molar-refractivity contribution in [2.24, 2.45) is 0 Å². The van der Waals surface area contributed by atoms with E-state index < -0.39 is 0 Å². The van der Waals surface area contributed by atoms with Crippen LogP contribution in [0.4, 0.5) is 15.9 Å². The summed E-state index contributed by atoms with van der Waals surface area (Å²) in [5.41, 5.74) is 0.733. The summed E-state index contributed by atoms with van der Waals surface area (Å²) in [6.45, 7) is 0.266. The largest absolute Gasteiger partial charge is 0.467 e. The number of rotatable bonds is 5. The van der Waals surface area contributed by atoms with Crippen LogP contribution in [0.3, 0.4) is 0 Å². The molecule has 0 saturated heterocycles. The maximum Gasteiger partial charge on any atom is 0.270 e. The van der Waals surface area contributed by atoms with Gasteiger partial charge in [-0.05, 0) is 30.3 Å². The highest BCUT2D eigenvalue weighted by molar-refractivity contribution is 5.92. The summed E-state index contributed by atoms with van der Waals surface area (Å²) in [5.74, 6) is 0.325. The molecule has 0 aliphatic heterocycles. The van der Waals surface area contributed by atoms with Gasteiger partial charge in [0.25, 0.3) is 5.91 Å². The average molecular weight is 312 g/mol. The van der Waals surface area contributed by atoms with E-state index in [0.29, 0.717) is 17.3 Å². The molecule has 0 atom stereocenters. The third-order valence-electron chi connectivity index (χ3n) is 3.00. The highest BCUT2D eigenvalue weighted by atomic mass is 19.1. The number of carbonyl (C=O) groups excluding carboxylic acids is 1. The first-order valence-electron chi connectivity index (χ1n) is 6.86. The summed E-state index contributed by atoms with van der Waals surface area (Å²) < 4.78 is 18.3. The van der Waals surface area contributed by atoms with Crippen LogP contribution in [0.5, 0.6) is 0 Å². The van der Waals surface area contributed by atoms with E-state index in [2.05, 4.69) is 20.6 Å². The number of furan rings is 1. The summed E-state index contributed by atoms with van der Waals surface area (Å²) in [7, 11) is 0. The van der Waals surface area contributed by atoms with Crippen molar-refractivity contribution >= 4 is 17.4 Å². The second kappa shape index (κ2) is 6.69. The predicted molar refractivity (Wildman–Crippen MR) is 81.6 cm³/mol. The van der Waals surface area contributed by atoms with Crippen LogP contribution >= 0.6 is 0 Å². The SMILES string of the molecule is O=C(NCc1ccco1)c1cc(Nc2cccc(F)c2)ncn1. The summed E-state index contributed by atoms with van der Waals surface area (Å²) in [6.07, 6.45) is 2.80. The quantitative estimate of drug-likeness (QED) is 0.757. The average Bonchev–Trinajstić information content (AvgIpc) is 3.06.